The standard InChI is InChI=1S/C19H19N3O4S/c1-2-11-3-5-13(6-4-11)22-18(24)15-16(12-7-8-27-10-12)21(9-14(20)23)26-17(15)19(22)25/h3-8,10,15-17H,2,9H2,1H3,(H2,20,23). The summed E-state index contributed by atoms with van der Waals surface area (Å²) < 4.78 is 0. The van der Waals surface area contributed by atoms with Gasteiger partial charge in [-0.1, -0.05) is 19.1 Å². The smallest absolute Gasteiger partial charge is 0.265 e. The summed E-state index contributed by atoms with van der Waals surface area (Å²) >= 11 is 1.48. The van der Waals surface area contributed by atoms with Crippen molar-refractivity contribution >= 4 is 34.7 Å². The van der Waals surface area contributed by atoms with Crippen LogP contribution in [0.4, 0.5) is 5.69 Å². The van der Waals surface area contributed by atoms with Crippen molar-refractivity contribution in [1.29, 1.82) is 0 Å². The van der Waals surface area contributed by atoms with E-state index in [2.05, 4.69) is 0 Å². The van der Waals surface area contributed by atoms with Gasteiger partial charge in [0.15, 0.2) is 6.10 Å². The number of thiophene rings is 1. The molecule has 1 aromatic heterocycles. The molecule has 2 aliphatic rings. The van der Waals surface area contributed by atoms with Crippen molar-refractivity contribution in [3.8, 4) is 0 Å². The number of imide groups is 1. The molecule has 2 aromatic rings. The van der Waals surface area contributed by atoms with Crippen LogP contribution in [-0.4, -0.2) is 35.4 Å². The molecule has 0 spiro atoms. The van der Waals surface area contributed by atoms with E-state index in [1.807, 2.05) is 35.9 Å². The monoisotopic (exact) mass is 385 g/mol. The highest BCUT2D eigenvalue weighted by molar-refractivity contribution is 7.08. The first-order valence-corrected chi connectivity index (χ1v) is 9.66. The largest absolute Gasteiger partial charge is 0.368 e. The molecule has 2 fully saturated rings. The Morgan fingerprint density at radius 3 is 2.52 bits per heavy atom. The second-order valence-electron chi connectivity index (χ2n) is 6.63. The summed E-state index contributed by atoms with van der Waals surface area (Å²) in [6.07, 6.45) is -0.0774. The van der Waals surface area contributed by atoms with Crippen molar-refractivity contribution in [2.24, 2.45) is 11.7 Å². The van der Waals surface area contributed by atoms with Crippen molar-refractivity contribution in [3.05, 3.63) is 52.2 Å². The van der Waals surface area contributed by atoms with E-state index in [-0.39, 0.29) is 12.5 Å². The van der Waals surface area contributed by atoms with E-state index in [4.69, 9.17) is 10.6 Å². The normalized spacial score (nSPS) is 25.2. The van der Waals surface area contributed by atoms with Gasteiger partial charge in [0.1, 0.15) is 6.54 Å². The highest BCUT2D eigenvalue weighted by Crippen LogP contribution is 2.45. The van der Waals surface area contributed by atoms with Crippen LogP contribution in [0.3, 0.4) is 0 Å². The zero-order valence-corrected chi connectivity index (χ0v) is 15.5. The van der Waals surface area contributed by atoms with E-state index in [0.29, 0.717) is 5.69 Å². The molecule has 2 saturated heterocycles. The van der Waals surface area contributed by atoms with Crippen LogP contribution in [0.5, 0.6) is 0 Å². The summed E-state index contributed by atoms with van der Waals surface area (Å²) in [4.78, 5) is 44.5. The topological polar surface area (TPSA) is 92.9 Å². The fourth-order valence-corrected chi connectivity index (χ4v) is 4.40. The van der Waals surface area contributed by atoms with Crippen LogP contribution in [-0.2, 0) is 25.6 Å². The van der Waals surface area contributed by atoms with Crippen LogP contribution < -0.4 is 10.6 Å². The third kappa shape index (κ3) is 2.95. The summed E-state index contributed by atoms with van der Waals surface area (Å²) in [6, 6.07) is 8.70. The third-order valence-corrected chi connectivity index (χ3v) is 5.70. The molecule has 3 amide bonds. The summed E-state index contributed by atoms with van der Waals surface area (Å²) in [6.45, 7) is 1.86. The van der Waals surface area contributed by atoms with Crippen LogP contribution in [0, 0.1) is 5.92 Å². The number of carbonyl (C=O) groups excluding carboxylic acids is 3. The van der Waals surface area contributed by atoms with Gasteiger partial charge in [0.05, 0.1) is 17.6 Å². The minimum atomic E-state index is -0.951. The average Bonchev–Trinajstić information content (AvgIpc) is 3.33. The average molecular weight is 385 g/mol. The van der Waals surface area contributed by atoms with Gasteiger partial charge in [-0.25, -0.2) is 4.90 Å². The number of amides is 3. The van der Waals surface area contributed by atoms with Crippen LogP contribution >= 0.6 is 11.3 Å². The molecule has 0 aliphatic carbocycles. The molecule has 2 aliphatic heterocycles. The Kier molecular flexibility index (Phi) is 4.55. The van der Waals surface area contributed by atoms with E-state index in [1.54, 1.807) is 12.1 Å². The number of hydroxylamine groups is 2. The Balaban J connectivity index is 1.69. The van der Waals surface area contributed by atoms with E-state index >= 15 is 0 Å². The number of anilines is 1. The van der Waals surface area contributed by atoms with Gasteiger partial charge >= 0.3 is 0 Å². The van der Waals surface area contributed by atoms with Crippen LogP contribution in [0.15, 0.2) is 41.1 Å². The number of hydrogen-bond acceptors (Lipinski definition) is 6. The molecular weight excluding hydrogens is 366 g/mol. The second kappa shape index (κ2) is 6.88. The number of aryl methyl sites for hydroxylation is 1. The molecule has 1 aromatic carbocycles. The maximum Gasteiger partial charge on any atom is 0.265 e. The van der Waals surface area contributed by atoms with E-state index < -0.39 is 29.9 Å². The predicted octanol–water partition coefficient (Wildman–Crippen LogP) is 1.64. The van der Waals surface area contributed by atoms with Gasteiger partial charge in [0, 0.05) is 0 Å². The lowest BCUT2D eigenvalue weighted by atomic mass is 9.92. The van der Waals surface area contributed by atoms with Crippen molar-refractivity contribution in [3.63, 3.8) is 0 Å². The molecule has 0 bridgehead atoms. The number of benzene rings is 1. The van der Waals surface area contributed by atoms with E-state index in [9.17, 15) is 14.4 Å². The molecule has 27 heavy (non-hydrogen) atoms. The first kappa shape index (κ1) is 17.8. The summed E-state index contributed by atoms with van der Waals surface area (Å²) in [5, 5.41) is 5.14. The quantitative estimate of drug-likeness (QED) is 0.790. The highest BCUT2D eigenvalue weighted by Gasteiger charge is 2.60. The summed E-state index contributed by atoms with van der Waals surface area (Å²) in [7, 11) is 0. The lowest BCUT2D eigenvalue weighted by Crippen LogP contribution is -2.40. The van der Waals surface area contributed by atoms with Crippen molar-refractivity contribution in [1.82, 2.24) is 5.06 Å². The van der Waals surface area contributed by atoms with Crippen LogP contribution in [0.1, 0.15) is 24.1 Å². The van der Waals surface area contributed by atoms with Gasteiger partial charge in [-0.15, -0.1) is 0 Å². The Bertz CT molecular complexity index is 881. The molecule has 140 valence electrons. The molecule has 4 rings (SSSR count). The minimum absolute atomic E-state index is 0.181. The molecular formula is C19H19N3O4S. The van der Waals surface area contributed by atoms with Gasteiger partial charge < -0.3 is 5.73 Å². The fourth-order valence-electron chi connectivity index (χ4n) is 3.71. The molecule has 0 radical (unpaired) electrons. The lowest BCUT2D eigenvalue weighted by Gasteiger charge is -2.25. The van der Waals surface area contributed by atoms with Crippen LogP contribution in [0.2, 0.25) is 0 Å². The molecule has 3 heterocycles. The van der Waals surface area contributed by atoms with Gasteiger partial charge in [0.2, 0.25) is 11.8 Å². The summed E-state index contributed by atoms with van der Waals surface area (Å²) in [5.41, 5.74) is 7.80. The molecule has 3 unspecified atom stereocenters. The Labute approximate surface area is 160 Å². The van der Waals surface area contributed by atoms with Crippen LogP contribution in [0.25, 0.3) is 0 Å². The summed E-state index contributed by atoms with van der Waals surface area (Å²) in [5.74, 6) is -2.03. The lowest BCUT2D eigenvalue weighted by molar-refractivity contribution is -0.175. The predicted molar refractivity (Wildman–Crippen MR) is 99.6 cm³/mol. The van der Waals surface area contributed by atoms with Crippen molar-refractivity contribution < 1.29 is 19.2 Å². The Morgan fingerprint density at radius 1 is 1.19 bits per heavy atom. The zero-order valence-electron chi connectivity index (χ0n) is 14.7. The number of fused-ring (bicyclic) bond motifs is 1. The van der Waals surface area contributed by atoms with Crippen molar-refractivity contribution in [2.45, 2.75) is 25.5 Å². The number of hydrogen-bond donors (Lipinski definition) is 1. The molecule has 0 saturated carbocycles. The molecule has 2 N–H and O–H groups in total. The van der Waals surface area contributed by atoms with Gasteiger partial charge in [-0.3, -0.25) is 19.2 Å². The molecule has 8 heteroatoms. The maximum atomic E-state index is 13.2. The van der Waals surface area contributed by atoms with Gasteiger partial charge in [0.25, 0.3) is 5.91 Å². The molecule has 7 nitrogen and oxygen atoms in total. The van der Waals surface area contributed by atoms with Crippen molar-refractivity contribution in [2.75, 3.05) is 11.4 Å². The number of nitrogens with zero attached hydrogens (tertiary/aromatic N) is 2. The number of rotatable bonds is 5. The van der Waals surface area contributed by atoms with E-state index in [0.717, 1.165) is 17.5 Å². The maximum absolute atomic E-state index is 13.2. The Hall–Kier alpha value is -2.55. The third-order valence-electron chi connectivity index (χ3n) is 4.99. The number of carbonyl (C=O) groups is 3. The second-order valence-corrected chi connectivity index (χ2v) is 7.41. The highest BCUT2D eigenvalue weighted by atomic mass is 32.1. The zero-order chi connectivity index (χ0) is 19.1. The minimum Gasteiger partial charge on any atom is -0.368 e. The molecule has 3 atom stereocenters. The Morgan fingerprint density at radius 2 is 1.93 bits per heavy atom. The fraction of sp³-hybridized carbons (Fsp3) is 0.316. The first-order chi connectivity index (χ1) is 13.0. The first-order valence-electron chi connectivity index (χ1n) is 8.71. The number of primary amides is 1. The van der Waals surface area contributed by atoms with Gasteiger partial charge in [-0.05, 0) is 46.5 Å². The number of nitrogens with two attached hydrogens (primary N) is 1. The van der Waals surface area contributed by atoms with E-state index in [1.165, 1.54) is 21.3 Å². The SMILES string of the molecule is CCc1ccc(N2C(=O)C3ON(CC(N)=O)C(c4ccsc4)C3C2=O)cc1. The van der Waals surface area contributed by atoms with Gasteiger partial charge in [-0.2, -0.15) is 16.4 Å².